The largest absolute Gasteiger partial charge is 0.345 e. The van der Waals surface area contributed by atoms with Crippen LogP contribution in [0.2, 0.25) is 0 Å². The summed E-state index contributed by atoms with van der Waals surface area (Å²) < 4.78 is 0. The van der Waals surface area contributed by atoms with Crippen molar-refractivity contribution in [3.05, 3.63) is 369 Å². The molecule has 0 aliphatic heterocycles. The molecule has 0 aliphatic rings. The molecule has 6 nitrogen and oxygen atoms in total. The Hall–Kier alpha value is -11.6. The van der Waals surface area contributed by atoms with E-state index < -0.39 is 0 Å². The molecule has 0 radical (unpaired) electrons. The topological polar surface area (TPSA) is 19.4 Å². The smallest absolute Gasteiger partial charge is 0.0487 e. The number of hydrogen-bond donors (Lipinski definition) is 0. The lowest BCUT2D eigenvalue weighted by atomic mass is 10.1. The molecule has 0 N–H and O–H groups in total. The first-order valence-corrected chi connectivity index (χ1v) is 31.4. The minimum absolute atomic E-state index is 1.13. The fourth-order valence-corrected chi connectivity index (χ4v) is 11.6. The number of nitrogens with zero attached hydrogens (tertiary/aromatic N) is 6. The van der Waals surface area contributed by atoms with Gasteiger partial charge in [0.25, 0.3) is 0 Å². The van der Waals surface area contributed by atoms with E-state index in [-0.39, 0.29) is 0 Å². The molecule has 0 amide bonds. The quantitative estimate of drug-likeness (QED) is 0.101. The monoisotopic (exact) mass is 1190 g/mol. The van der Waals surface area contributed by atoms with Crippen LogP contribution in [0.5, 0.6) is 0 Å². The summed E-state index contributed by atoms with van der Waals surface area (Å²) in [4.78, 5) is 13.6. The van der Waals surface area contributed by atoms with Crippen LogP contribution in [0.25, 0.3) is 21.5 Å². The predicted octanol–water partition coefficient (Wildman–Crippen LogP) is 24.0. The van der Waals surface area contributed by atoms with Crippen LogP contribution in [0.3, 0.4) is 0 Å². The van der Waals surface area contributed by atoms with Crippen molar-refractivity contribution in [1.82, 2.24) is 0 Å². The molecule has 0 saturated carbocycles. The summed E-state index contributed by atoms with van der Waals surface area (Å²) in [5.41, 5.74) is 21.1. The number of benzene rings is 14. The lowest BCUT2D eigenvalue weighted by Gasteiger charge is -2.27. The first kappa shape index (κ1) is 60.7. The minimum Gasteiger partial charge on any atom is -0.345 e. The van der Waals surface area contributed by atoms with E-state index in [4.69, 9.17) is 0 Å². The third kappa shape index (κ3) is 14.3. The van der Waals surface area contributed by atoms with Gasteiger partial charge in [-0.05, 0) is 213 Å². The standard InChI is InChI=1S/2C30H26N2.C26H24N2/c1-23-15-17-27(18-16-23)32(26-11-4-3-5-12-26)28-21-19-25(20-22-28)31(2)30-14-8-10-24-9-6-7-13-29(24)30;1-23-12-15-28(16-13-23)32(27-10-4-3-5-11-27)29-20-18-26(19-21-29)31(2)30-17-14-24-8-6-7-9-25(24)22-30;1-21-13-15-25(16-14-21)28(24-11-7-4-8-12-24)26-19-17-23(18-20-26)27(2)22-9-5-3-6-10-22/h2*3-22H,1-2H3;3-20H,1-2H3. The maximum atomic E-state index is 2.29. The van der Waals surface area contributed by atoms with Crippen LogP contribution in [0.1, 0.15) is 16.7 Å². The van der Waals surface area contributed by atoms with E-state index in [2.05, 4.69) is 417 Å². The van der Waals surface area contributed by atoms with E-state index in [1.807, 2.05) is 6.07 Å². The zero-order chi connectivity index (χ0) is 63.2. The second-order valence-corrected chi connectivity index (χ2v) is 23.1. The maximum Gasteiger partial charge on any atom is 0.0487 e. The van der Waals surface area contributed by atoms with Crippen LogP contribution in [-0.4, -0.2) is 21.1 Å². The molecule has 450 valence electrons. The van der Waals surface area contributed by atoms with Crippen molar-refractivity contribution in [2.45, 2.75) is 20.8 Å². The summed E-state index contributed by atoms with van der Waals surface area (Å²) in [5.74, 6) is 0. The van der Waals surface area contributed by atoms with Gasteiger partial charge in [0.2, 0.25) is 0 Å². The molecule has 0 saturated heterocycles. The molecule has 0 fully saturated rings. The Morgan fingerprint density at radius 1 is 0.174 bits per heavy atom. The molecule has 92 heavy (non-hydrogen) atoms. The van der Waals surface area contributed by atoms with E-state index in [9.17, 15) is 0 Å². The minimum atomic E-state index is 1.13. The zero-order valence-corrected chi connectivity index (χ0v) is 53.2. The lowest BCUT2D eigenvalue weighted by Crippen LogP contribution is -2.12. The van der Waals surface area contributed by atoms with Crippen LogP contribution in [0, 0.1) is 20.8 Å². The van der Waals surface area contributed by atoms with Crippen molar-refractivity contribution in [2.24, 2.45) is 0 Å². The molecular formula is C86H76N6. The highest BCUT2D eigenvalue weighted by Crippen LogP contribution is 2.40. The first-order valence-electron chi connectivity index (χ1n) is 31.4. The van der Waals surface area contributed by atoms with E-state index in [0.717, 1.165) is 68.2 Å². The normalized spacial score (nSPS) is 10.7. The van der Waals surface area contributed by atoms with E-state index >= 15 is 0 Å². The number of fused-ring (bicyclic) bond motifs is 2. The molecule has 14 aromatic rings. The number of hydrogen-bond acceptors (Lipinski definition) is 6. The Balaban J connectivity index is 0.000000133. The third-order valence-corrected chi connectivity index (χ3v) is 16.8. The highest BCUT2D eigenvalue weighted by Gasteiger charge is 2.17. The molecule has 0 atom stereocenters. The van der Waals surface area contributed by atoms with Gasteiger partial charge in [-0.3, -0.25) is 0 Å². The van der Waals surface area contributed by atoms with Crippen LogP contribution in [0.15, 0.2) is 352 Å². The Morgan fingerprint density at radius 2 is 0.424 bits per heavy atom. The molecule has 0 spiro atoms. The number of aryl methyl sites for hydroxylation is 3. The van der Waals surface area contributed by atoms with Crippen molar-refractivity contribution < 1.29 is 0 Å². The fourth-order valence-electron chi connectivity index (χ4n) is 11.6. The van der Waals surface area contributed by atoms with Crippen molar-refractivity contribution in [2.75, 3.05) is 50.5 Å². The number of para-hydroxylation sites is 4. The van der Waals surface area contributed by atoms with Crippen LogP contribution >= 0.6 is 0 Å². The summed E-state index contributed by atoms with van der Waals surface area (Å²) in [7, 11) is 6.35. The zero-order valence-electron chi connectivity index (χ0n) is 53.2. The van der Waals surface area contributed by atoms with Crippen molar-refractivity contribution in [3.63, 3.8) is 0 Å². The van der Waals surface area contributed by atoms with Crippen molar-refractivity contribution >= 4 is 107 Å². The van der Waals surface area contributed by atoms with E-state index in [1.165, 1.54) is 55.3 Å². The molecule has 0 aromatic heterocycles. The number of rotatable bonds is 15. The Morgan fingerprint density at radius 3 is 0.815 bits per heavy atom. The first-order chi connectivity index (χ1) is 45.1. The average molecular weight is 1190 g/mol. The molecule has 14 aromatic carbocycles. The SMILES string of the molecule is Cc1ccc(N(c2ccccc2)c2ccc(N(C)c3ccc4ccccc4c3)cc2)cc1.Cc1ccc(N(c2ccccc2)c2ccc(N(C)c3cccc4ccccc34)cc2)cc1.Cc1ccc(N(c2ccccc2)c2ccc(N(C)c3ccccc3)cc2)cc1. The summed E-state index contributed by atoms with van der Waals surface area (Å²) in [6, 6.07) is 124. The lowest BCUT2D eigenvalue weighted by molar-refractivity contribution is 1.20. The Labute approximate surface area is 543 Å². The highest BCUT2D eigenvalue weighted by atomic mass is 15.2. The molecule has 0 unspecified atom stereocenters. The second kappa shape index (κ2) is 28.7. The molecule has 14 rings (SSSR count). The summed E-state index contributed by atoms with van der Waals surface area (Å²) in [5, 5.41) is 5.02. The molecule has 0 bridgehead atoms. The number of anilines is 15. The van der Waals surface area contributed by atoms with Gasteiger partial charge in [0, 0.05) is 112 Å². The predicted molar refractivity (Wildman–Crippen MR) is 396 cm³/mol. The average Bonchev–Trinajstić information content (AvgIpc) is 2.09. The summed E-state index contributed by atoms with van der Waals surface area (Å²) >= 11 is 0. The summed E-state index contributed by atoms with van der Waals surface area (Å²) in [6.07, 6.45) is 0. The van der Waals surface area contributed by atoms with Gasteiger partial charge in [0.05, 0.1) is 0 Å². The van der Waals surface area contributed by atoms with Gasteiger partial charge < -0.3 is 29.4 Å². The van der Waals surface area contributed by atoms with Crippen molar-refractivity contribution in [1.29, 1.82) is 0 Å². The summed E-state index contributed by atoms with van der Waals surface area (Å²) in [6.45, 7) is 6.35. The van der Waals surface area contributed by atoms with Crippen molar-refractivity contribution in [3.8, 4) is 0 Å². The van der Waals surface area contributed by atoms with E-state index in [0.29, 0.717) is 0 Å². The van der Waals surface area contributed by atoms with Gasteiger partial charge in [-0.25, -0.2) is 0 Å². The molecule has 0 heterocycles. The fraction of sp³-hybridized carbons (Fsp3) is 0.0698. The highest BCUT2D eigenvalue weighted by molar-refractivity contribution is 5.96. The van der Waals surface area contributed by atoms with Gasteiger partial charge in [0.15, 0.2) is 0 Å². The molecule has 6 heteroatoms. The van der Waals surface area contributed by atoms with E-state index in [1.54, 1.807) is 0 Å². The van der Waals surface area contributed by atoms with Gasteiger partial charge in [-0.2, -0.15) is 0 Å². The molecule has 0 aliphatic carbocycles. The van der Waals surface area contributed by atoms with Gasteiger partial charge in [-0.15, -0.1) is 0 Å². The maximum absolute atomic E-state index is 2.29. The van der Waals surface area contributed by atoms with Gasteiger partial charge in [-0.1, -0.05) is 193 Å². The Bertz CT molecular complexity index is 4590. The van der Waals surface area contributed by atoms with Crippen LogP contribution in [0.4, 0.5) is 85.3 Å². The molecular weight excluding hydrogens is 1120 g/mol. The van der Waals surface area contributed by atoms with Gasteiger partial charge in [0.1, 0.15) is 0 Å². The second-order valence-electron chi connectivity index (χ2n) is 23.1. The van der Waals surface area contributed by atoms with Crippen LogP contribution in [-0.2, 0) is 0 Å². The Kier molecular flexibility index (Phi) is 18.9. The third-order valence-electron chi connectivity index (χ3n) is 16.8. The van der Waals surface area contributed by atoms with Gasteiger partial charge >= 0.3 is 0 Å². The van der Waals surface area contributed by atoms with Crippen LogP contribution < -0.4 is 29.4 Å².